The molecule has 0 N–H and O–H groups in total. The van der Waals surface area contributed by atoms with Crippen LogP contribution in [0.4, 0.5) is 0 Å². The molecule has 0 unspecified atom stereocenters. The second-order valence-electron chi connectivity index (χ2n) is 8.34. The zero-order valence-corrected chi connectivity index (χ0v) is 18.0. The van der Waals surface area contributed by atoms with E-state index in [1.165, 1.54) is 0 Å². The number of fused-ring (bicyclic) bond motifs is 5. The molecule has 0 aliphatic carbocycles. The van der Waals surface area contributed by atoms with Crippen molar-refractivity contribution in [2.75, 3.05) is 0 Å². The Bertz CT molecular complexity index is 1840. The van der Waals surface area contributed by atoms with Crippen LogP contribution in [0.1, 0.15) is 5.69 Å². The monoisotopic (exact) mass is 425 g/mol. The summed E-state index contributed by atoms with van der Waals surface area (Å²) in [4.78, 5) is 9.51. The van der Waals surface area contributed by atoms with Crippen molar-refractivity contribution in [2.24, 2.45) is 0 Å². The molecule has 0 aliphatic heterocycles. The molecule has 0 bridgehead atoms. The number of furan rings is 1. The van der Waals surface area contributed by atoms with Gasteiger partial charge in [0.05, 0.1) is 16.6 Å². The van der Waals surface area contributed by atoms with Crippen molar-refractivity contribution in [1.82, 2.24) is 14.5 Å². The van der Waals surface area contributed by atoms with Crippen molar-refractivity contribution >= 4 is 43.7 Å². The van der Waals surface area contributed by atoms with Gasteiger partial charge in [0.2, 0.25) is 0 Å². The molecule has 3 aromatic heterocycles. The van der Waals surface area contributed by atoms with Crippen LogP contribution in [0.3, 0.4) is 0 Å². The molecular weight excluding hydrogens is 406 g/mol. The number of hydrogen-bond donors (Lipinski definition) is 0. The number of imidazole rings is 1. The van der Waals surface area contributed by atoms with E-state index in [1.807, 2.05) is 37.4 Å². The number of aryl methyl sites for hydroxylation is 1. The molecule has 4 nitrogen and oxygen atoms in total. The van der Waals surface area contributed by atoms with Crippen LogP contribution in [0.2, 0.25) is 0 Å². The Labute approximate surface area is 189 Å². The van der Waals surface area contributed by atoms with Crippen LogP contribution in [0, 0.1) is 6.92 Å². The minimum absolute atomic E-state index is 0.857. The maximum absolute atomic E-state index is 6.35. The van der Waals surface area contributed by atoms with Gasteiger partial charge in [0.25, 0.3) is 0 Å². The Hall–Kier alpha value is -4.44. The van der Waals surface area contributed by atoms with Gasteiger partial charge >= 0.3 is 0 Å². The standard InChI is InChI=1S/C29H19N3O/c1-18-21-14-13-20(17-19(21)15-16-30-18)32-26-11-4-3-10-25(26)31-29(32)24-9-6-8-23-22-7-2-5-12-27(22)33-28(23)24/h2-17H,1H3. The van der Waals surface area contributed by atoms with E-state index in [0.29, 0.717) is 0 Å². The quantitative estimate of drug-likeness (QED) is 0.289. The molecule has 7 rings (SSSR count). The number of aromatic nitrogens is 3. The van der Waals surface area contributed by atoms with Crippen LogP contribution >= 0.6 is 0 Å². The molecular formula is C29H19N3O. The highest BCUT2D eigenvalue weighted by Gasteiger charge is 2.19. The molecule has 0 saturated carbocycles. The highest BCUT2D eigenvalue weighted by molar-refractivity contribution is 6.09. The van der Waals surface area contributed by atoms with Gasteiger partial charge in [-0.2, -0.15) is 0 Å². The second kappa shape index (κ2) is 6.78. The summed E-state index contributed by atoms with van der Waals surface area (Å²) in [7, 11) is 0. The number of hydrogen-bond acceptors (Lipinski definition) is 3. The van der Waals surface area contributed by atoms with Crippen molar-refractivity contribution in [3.63, 3.8) is 0 Å². The fourth-order valence-electron chi connectivity index (χ4n) is 4.85. The lowest BCUT2D eigenvalue weighted by Crippen LogP contribution is -1.98. The van der Waals surface area contributed by atoms with Crippen molar-refractivity contribution in [3.05, 3.63) is 103 Å². The molecule has 0 spiro atoms. The Balaban J connectivity index is 1.57. The molecule has 0 atom stereocenters. The lowest BCUT2D eigenvalue weighted by atomic mass is 10.1. The molecule has 4 heteroatoms. The molecule has 0 aliphatic rings. The Morgan fingerprint density at radius 1 is 0.758 bits per heavy atom. The van der Waals surface area contributed by atoms with Crippen LogP contribution in [0.5, 0.6) is 0 Å². The summed E-state index contributed by atoms with van der Waals surface area (Å²) in [5.41, 5.74) is 6.82. The first-order chi connectivity index (χ1) is 16.3. The first-order valence-corrected chi connectivity index (χ1v) is 11.0. The minimum atomic E-state index is 0.857. The summed E-state index contributed by atoms with van der Waals surface area (Å²) in [6.07, 6.45) is 1.86. The van der Waals surface area contributed by atoms with Gasteiger partial charge < -0.3 is 4.42 Å². The van der Waals surface area contributed by atoms with E-state index in [1.54, 1.807) is 0 Å². The third-order valence-corrected chi connectivity index (χ3v) is 6.41. The third-order valence-electron chi connectivity index (χ3n) is 6.41. The van der Waals surface area contributed by atoms with Crippen LogP contribution in [-0.2, 0) is 0 Å². The highest BCUT2D eigenvalue weighted by Crippen LogP contribution is 2.38. The maximum Gasteiger partial charge on any atom is 0.149 e. The molecule has 4 aromatic carbocycles. The molecule has 7 aromatic rings. The van der Waals surface area contributed by atoms with E-state index in [9.17, 15) is 0 Å². The first kappa shape index (κ1) is 18.2. The van der Waals surface area contributed by atoms with Crippen LogP contribution < -0.4 is 0 Å². The molecule has 0 fully saturated rings. The van der Waals surface area contributed by atoms with E-state index in [4.69, 9.17) is 9.40 Å². The van der Waals surface area contributed by atoms with Gasteiger partial charge in [-0.15, -0.1) is 0 Å². The predicted octanol–water partition coefficient (Wildman–Crippen LogP) is 7.45. The summed E-state index contributed by atoms with van der Waals surface area (Å²) in [5.74, 6) is 0.867. The lowest BCUT2D eigenvalue weighted by molar-refractivity contribution is 0.669. The van der Waals surface area contributed by atoms with Gasteiger partial charge in [0.15, 0.2) is 0 Å². The predicted molar refractivity (Wildman–Crippen MR) is 134 cm³/mol. The first-order valence-electron chi connectivity index (χ1n) is 11.0. The molecule has 0 saturated heterocycles. The van der Waals surface area contributed by atoms with E-state index < -0.39 is 0 Å². The maximum atomic E-state index is 6.35. The molecule has 156 valence electrons. The summed E-state index contributed by atoms with van der Waals surface area (Å²) in [6, 6.07) is 31.3. The van der Waals surface area contributed by atoms with Crippen LogP contribution in [0.25, 0.3) is 60.8 Å². The largest absolute Gasteiger partial charge is 0.455 e. The summed E-state index contributed by atoms with van der Waals surface area (Å²) < 4.78 is 8.58. The molecule has 33 heavy (non-hydrogen) atoms. The minimum Gasteiger partial charge on any atom is -0.455 e. The average Bonchev–Trinajstić information content (AvgIpc) is 3.42. The number of benzene rings is 4. The topological polar surface area (TPSA) is 43.9 Å². The smallest absolute Gasteiger partial charge is 0.149 e. The number of para-hydroxylation sites is 4. The van der Waals surface area contributed by atoms with E-state index in [-0.39, 0.29) is 0 Å². The van der Waals surface area contributed by atoms with Crippen molar-refractivity contribution in [2.45, 2.75) is 6.92 Å². The fraction of sp³-hybridized carbons (Fsp3) is 0.0345. The molecule has 3 heterocycles. The summed E-state index contributed by atoms with van der Waals surface area (Å²) >= 11 is 0. The van der Waals surface area contributed by atoms with Crippen LogP contribution in [0.15, 0.2) is 102 Å². The summed E-state index contributed by atoms with van der Waals surface area (Å²) in [6.45, 7) is 2.04. The fourth-order valence-corrected chi connectivity index (χ4v) is 4.85. The van der Waals surface area contributed by atoms with Gasteiger partial charge in [-0.05, 0) is 54.8 Å². The zero-order valence-electron chi connectivity index (χ0n) is 18.0. The Morgan fingerprint density at radius 2 is 1.61 bits per heavy atom. The zero-order chi connectivity index (χ0) is 21.9. The number of rotatable bonds is 2. The van der Waals surface area contributed by atoms with Crippen molar-refractivity contribution < 1.29 is 4.42 Å². The molecule has 0 radical (unpaired) electrons. The number of pyridine rings is 1. The lowest BCUT2D eigenvalue weighted by Gasteiger charge is -2.11. The van der Waals surface area contributed by atoms with Gasteiger partial charge in [-0.3, -0.25) is 9.55 Å². The Morgan fingerprint density at radius 3 is 2.58 bits per heavy atom. The van der Waals surface area contributed by atoms with E-state index in [0.717, 1.165) is 66.5 Å². The van der Waals surface area contributed by atoms with Gasteiger partial charge in [-0.1, -0.05) is 48.5 Å². The third kappa shape index (κ3) is 2.64. The highest BCUT2D eigenvalue weighted by atomic mass is 16.3. The second-order valence-corrected chi connectivity index (χ2v) is 8.34. The summed E-state index contributed by atoms with van der Waals surface area (Å²) in [5, 5.41) is 4.53. The normalized spacial score (nSPS) is 11.8. The number of nitrogens with zero attached hydrogens (tertiary/aromatic N) is 3. The Kier molecular flexibility index (Phi) is 3.73. The average molecular weight is 425 g/mol. The van der Waals surface area contributed by atoms with Gasteiger partial charge in [-0.25, -0.2) is 4.98 Å². The van der Waals surface area contributed by atoms with Crippen molar-refractivity contribution in [3.8, 4) is 17.1 Å². The van der Waals surface area contributed by atoms with E-state index in [2.05, 4.69) is 76.3 Å². The van der Waals surface area contributed by atoms with E-state index >= 15 is 0 Å². The van der Waals surface area contributed by atoms with Crippen LogP contribution in [-0.4, -0.2) is 14.5 Å². The molecule has 0 amide bonds. The van der Waals surface area contributed by atoms with Gasteiger partial charge in [0, 0.05) is 33.7 Å². The van der Waals surface area contributed by atoms with Crippen molar-refractivity contribution in [1.29, 1.82) is 0 Å². The SMILES string of the molecule is Cc1nccc2cc(-n3c(-c4cccc5c4oc4ccccc45)nc4ccccc43)ccc12. The van der Waals surface area contributed by atoms with Gasteiger partial charge in [0.1, 0.15) is 17.0 Å².